The van der Waals surface area contributed by atoms with Gasteiger partial charge in [0, 0.05) is 12.6 Å². The summed E-state index contributed by atoms with van der Waals surface area (Å²) in [5.41, 5.74) is 1.16. The van der Waals surface area contributed by atoms with E-state index >= 15 is 0 Å². The summed E-state index contributed by atoms with van der Waals surface area (Å²) >= 11 is 0. The molecule has 0 unspecified atom stereocenters. The number of ether oxygens (including phenoxy) is 1. The minimum Gasteiger partial charge on any atom is -0.491 e. The Hall–Kier alpha value is -1.71. The number of hydrogen-bond donors (Lipinski definition) is 2. The van der Waals surface area contributed by atoms with Crippen molar-refractivity contribution in [3.05, 3.63) is 29.8 Å². The molecule has 0 atom stereocenters. The molecule has 4 heteroatoms. The Morgan fingerprint density at radius 3 is 2.85 bits per heavy atom. The van der Waals surface area contributed by atoms with E-state index in [0.29, 0.717) is 12.6 Å². The Labute approximate surface area is 121 Å². The standard InChI is InChI=1S/C16H25N3O/c1-4-17-16(19-14-8-9-14)18-11-13-6-5-7-15(10-13)20-12(2)3/h5-7,10,12,14H,4,8-9,11H2,1-3H3,(H2,17,18,19). The maximum atomic E-state index is 5.70. The summed E-state index contributed by atoms with van der Waals surface area (Å²) in [5.74, 6) is 1.82. The topological polar surface area (TPSA) is 45.7 Å². The fourth-order valence-electron chi connectivity index (χ4n) is 1.90. The second-order valence-electron chi connectivity index (χ2n) is 5.43. The van der Waals surface area contributed by atoms with Crippen LogP contribution in [-0.2, 0) is 6.54 Å². The fraction of sp³-hybridized carbons (Fsp3) is 0.562. The molecule has 2 N–H and O–H groups in total. The van der Waals surface area contributed by atoms with E-state index in [4.69, 9.17) is 4.74 Å². The van der Waals surface area contributed by atoms with Crippen LogP contribution in [0.15, 0.2) is 29.3 Å². The number of benzene rings is 1. The molecule has 2 rings (SSSR count). The fourth-order valence-corrected chi connectivity index (χ4v) is 1.90. The molecule has 0 radical (unpaired) electrons. The molecular formula is C16H25N3O. The Balaban J connectivity index is 1.96. The Morgan fingerprint density at radius 2 is 2.20 bits per heavy atom. The third kappa shape index (κ3) is 5.11. The van der Waals surface area contributed by atoms with E-state index in [9.17, 15) is 0 Å². The van der Waals surface area contributed by atoms with Gasteiger partial charge in [-0.15, -0.1) is 0 Å². The number of hydrogen-bond acceptors (Lipinski definition) is 2. The molecule has 1 fully saturated rings. The summed E-state index contributed by atoms with van der Waals surface area (Å²) < 4.78 is 5.70. The van der Waals surface area contributed by atoms with E-state index in [0.717, 1.165) is 23.8 Å². The van der Waals surface area contributed by atoms with Gasteiger partial charge in [0.1, 0.15) is 5.75 Å². The van der Waals surface area contributed by atoms with Crippen molar-refractivity contribution in [2.45, 2.75) is 52.3 Å². The first-order valence-corrected chi connectivity index (χ1v) is 7.48. The molecule has 110 valence electrons. The number of guanidine groups is 1. The summed E-state index contributed by atoms with van der Waals surface area (Å²) in [4.78, 5) is 4.62. The lowest BCUT2D eigenvalue weighted by atomic mass is 10.2. The van der Waals surface area contributed by atoms with Crippen molar-refractivity contribution < 1.29 is 4.74 Å². The molecule has 0 amide bonds. The van der Waals surface area contributed by atoms with Crippen LogP contribution in [0, 0.1) is 0 Å². The van der Waals surface area contributed by atoms with E-state index < -0.39 is 0 Å². The van der Waals surface area contributed by atoms with Gasteiger partial charge in [0.2, 0.25) is 0 Å². The van der Waals surface area contributed by atoms with Crippen LogP contribution in [-0.4, -0.2) is 24.7 Å². The van der Waals surface area contributed by atoms with Gasteiger partial charge in [-0.3, -0.25) is 0 Å². The van der Waals surface area contributed by atoms with Crippen LogP contribution in [0.2, 0.25) is 0 Å². The highest BCUT2D eigenvalue weighted by molar-refractivity contribution is 5.80. The van der Waals surface area contributed by atoms with Gasteiger partial charge in [-0.25, -0.2) is 4.99 Å². The number of rotatable bonds is 6. The predicted octanol–water partition coefficient (Wildman–Crippen LogP) is 2.69. The molecule has 0 saturated heterocycles. The first kappa shape index (κ1) is 14.7. The highest BCUT2D eigenvalue weighted by Gasteiger charge is 2.21. The first-order chi connectivity index (χ1) is 9.67. The van der Waals surface area contributed by atoms with Gasteiger partial charge in [0.15, 0.2) is 5.96 Å². The van der Waals surface area contributed by atoms with Crippen molar-refractivity contribution in [1.82, 2.24) is 10.6 Å². The van der Waals surface area contributed by atoms with E-state index in [-0.39, 0.29) is 6.10 Å². The van der Waals surface area contributed by atoms with Crippen LogP contribution in [0.25, 0.3) is 0 Å². The zero-order chi connectivity index (χ0) is 14.4. The Kier molecular flexibility index (Phi) is 5.27. The van der Waals surface area contributed by atoms with Gasteiger partial charge in [0.25, 0.3) is 0 Å². The van der Waals surface area contributed by atoms with Crippen LogP contribution in [0.1, 0.15) is 39.2 Å². The third-order valence-electron chi connectivity index (χ3n) is 2.95. The van der Waals surface area contributed by atoms with Crippen molar-refractivity contribution in [3.8, 4) is 5.75 Å². The highest BCUT2D eigenvalue weighted by Crippen LogP contribution is 2.18. The number of aliphatic imine (C=N–C) groups is 1. The molecular weight excluding hydrogens is 250 g/mol. The van der Waals surface area contributed by atoms with Crippen LogP contribution in [0.5, 0.6) is 5.75 Å². The summed E-state index contributed by atoms with van der Waals surface area (Å²) in [5, 5.41) is 6.70. The number of nitrogens with one attached hydrogen (secondary N) is 2. The van der Waals surface area contributed by atoms with Crippen LogP contribution >= 0.6 is 0 Å². The normalized spacial score (nSPS) is 15.3. The zero-order valence-corrected chi connectivity index (χ0v) is 12.6. The van der Waals surface area contributed by atoms with Crippen molar-refractivity contribution in [2.24, 2.45) is 4.99 Å². The molecule has 1 saturated carbocycles. The summed E-state index contributed by atoms with van der Waals surface area (Å²) in [6, 6.07) is 8.76. The molecule has 0 aromatic heterocycles. The second-order valence-corrected chi connectivity index (χ2v) is 5.43. The average Bonchev–Trinajstić information content (AvgIpc) is 3.20. The zero-order valence-electron chi connectivity index (χ0n) is 12.6. The van der Waals surface area contributed by atoms with Crippen LogP contribution < -0.4 is 15.4 Å². The lowest BCUT2D eigenvalue weighted by Crippen LogP contribution is -2.38. The molecule has 0 bridgehead atoms. The molecule has 0 aliphatic heterocycles. The predicted molar refractivity (Wildman–Crippen MR) is 83.2 cm³/mol. The average molecular weight is 275 g/mol. The van der Waals surface area contributed by atoms with Crippen molar-refractivity contribution >= 4 is 5.96 Å². The number of nitrogens with zero attached hydrogens (tertiary/aromatic N) is 1. The minimum atomic E-state index is 0.197. The summed E-state index contributed by atoms with van der Waals surface area (Å²) in [6.07, 6.45) is 2.70. The van der Waals surface area contributed by atoms with E-state index in [1.54, 1.807) is 0 Å². The maximum absolute atomic E-state index is 5.70. The van der Waals surface area contributed by atoms with E-state index in [1.807, 2.05) is 26.0 Å². The van der Waals surface area contributed by atoms with Crippen molar-refractivity contribution in [3.63, 3.8) is 0 Å². The van der Waals surface area contributed by atoms with Gasteiger partial charge in [0.05, 0.1) is 12.6 Å². The summed E-state index contributed by atoms with van der Waals surface area (Å²) in [6.45, 7) is 7.70. The monoisotopic (exact) mass is 275 g/mol. The van der Waals surface area contributed by atoms with Crippen molar-refractivity contribution in [1.29, 1.82) is 0 Å². The third-order valence-corrected chi connectivity index (χ3v) is 2.95. The molecule has 1 aromatic rings. The van der Waals surface area contributed by atoms with Gasteiger partial charge in [-0.1, -0.05) is 12.1 Å². The van der Waals surface area contributed by atoms with E-state index in [1.165, 1.54) is 12.8 Å². The minimum absolute atomic E-state index is 0.197. The molecule has 20 heavy (non-hydrogen) atoms. The van der Waals surface area contributed by atoms with Crippen molar-refractivity contribution in [2.75, 3.05) is 6.54 Å². The molecule has 1 aliphatic rings. The molecule has 0 spiro atoms. The summed E-state index contributed by atoms with van der Waals surface area (Å²) in [7, 11) is 0. The Morgan fingerprint density at radius 1 is 1.40 bits per heavy atom. The lowest BCUT2D eigenvalue weighted by Gasteiger charge is -2.12. The van der Waals surface area contributed by atoms with Gasteiger partial charge >= 0.3 is 0 Å². The first-order valence-electron chi connectivity index (χ1n) is 7.48. The largest absolute Gasteiger partial charge is 0.491 e. The quantitative estimate of drug-likeness (QED) is 0.620. The molecule has 1 aromatic carbocycles. The lowest BCUT2D eigenvalue weighted by molar-refractivity contribution is 0.242. The highest BCUT2D eigenvalue weighted by atomic mass is 16.5. The SMILES string of the molecule is CCNC(=NCc1cccc(OC(C)C)c1)NC1CC1. The van der Waals surface area contributed by atoms with Gasteiger partial charge < -0.3 is 15.4 Å². The van der Waals surface area contributed by atoms with Crippen LogP contribution in [0.3, 0.4) is 0 Å². The van der Waals surface area contributed by atoms with Crippen LogP contribution in [0.4, 0.5) is 0 Å². The maximum Gasteiger partial charge on any atom is 0.191 e. The Bertz CT molecular complexity index is 453. The molecule has 1 aliphatic carbocycles. The smallest absolute Gasteiger partial charge is 0.191 e. The molecule has 0 heterocycles. The molecule has 4 nitrogen and oxygen atoms in total. The van der Waals surface area contributed by atoms with Gasteiger partial charge in [-0.05, 0) is 51.3 Å². The van der Waals surface area contributed by atoms with Gasteiger partial charge in [-0.2, -0.15) is 0 Å². The van der Waals surface area contributed by atoms with E-state index in [2.05, 4.69) is 34.7 Å². The second kappa shape index (κ2) is 7.17.